The summed E-state index contributed by atoms with van der Waals surface area (Å²) in [5, 5.41) is 14.2. The summed E-state index contributed by atoms with van der Waals surface area (Å²) in [5.41, 5.74) is 1.79. The molecule has 0 aromatic heterocycles. The van der Waals surface area contributed by atoms with Crippen LogP contribution in [0.4, 0.5) is 0 Å². The van der Waals surface area contributed by atoms with E-state index in [1.165, 1.54) is 7.11 Å². The minimum absolute atomic E-state index is 0.107. The zero-order valence-electron chi connectivity index (χ0n) is 16.3. The van der Waals surface area contributed by atoms with Crippen molar-refractivity contribution in [1.82, 2.24) is 5.32 Å². The van der Waals surface area contributed by atoms with Crippen LogP contribution in [-0.4, -0.2) is 44.5 Å². The molecular weight excluding hydrogens is 382 g/mol. The highest BCUT2D eigenvalue weighted by Crippen LogP contribution is 2.28. The van der Waals surface area contributed by atoms with Gasteiger partial charge in [-0.3, -0.25) is 0 Å². The Labute approximate surface area is 170 Å². The quantitative estimate of drug-likeness (QED) is 0.589. The highest BCUT2D eigenvalue weighted by Gasteiger charge is 2.13. The lowest BCUT2D eigenvalue weighted by atomic mass is 10.1. The summed E-state index contributed by atoms with van der Waals surface area (Å²) in [6.07, 6.45) is 0.0665. The number of esters is 1. The zero-order valence-corrected chi connectivity index (χ0v) is 17.0. The maximum absolute atomic E-state index is 11.3. The molecule has 0 bridgehead atoms. The van der Waals surface area contributed by atoms with Gasteiger partial charge in [-0.2, -0.15) is 0 Å². The van der Waals surface area contributed by atoms with Crippen LogP contribution in [0.25, 0.3) is 0 Å². The third-order valence-electron chi connectivity index (χ3n) is 4.24. The topological polar surface area (TPSA) is 77.0 Å². The fraction of sp³-hybridized carbons (Fsp3) is 0.381. The van der Waals surface area contributed by atoms with E-state index >= 15 is 0 Å². The molecule has 2 N–H and O–H groups in total. The maximum Gasteiger partial charge on any atom is 0.343 e. The number of nitrogens with one attached hydrogen (secondary N) is 1. The van der Waals surface area contributed by atoms with Crippen LogP contribution in [0.2, 0.25) is 5.02 Å². The van der Waals surface area contributed by atoms with Crippen LogP contribution >= 0.6 is 11.6 Å². The number of hydrogen-bond acceptors (Lipinski definition) is 6. The van der Waals surface area contributed by atoms with Gasteiger partial charge < -0.3 is 24.6 Å². The first-order valence-electron chi connectivity index (χ1n) is 8.96. The van der Waals surface area contributed by atoms with Gasteiger partial charge in [-0.1, -0.05) is 29.8 Å². The third-order valence-corrected chi connectivity index (χ3v) is 4.47. The van der Waals surface area contributed by atoms with Gasteiger partial charge in [0.05, 0.1) is 20.3 Å². The number of methoxy groups -OCH3 is 2. The molecule has 0 aliphatic rings. The zero-order chi connectivity index (χ0) is 20.5. The van der Waals surface area contributed by atoms with Gasteiger partial charge in [0, 0.05) is 17.6 Å². The fourth-order valence-electron chi connectivity index (χ4n) is 2.73. The average molecular weight is 408 g/mol. The van der Waals surface area contributed by atoms with Crippen molar-refractivity contribution in [3.05, 3.63) is 58.6 Å². The lowest BCUT2D eigenvalue weighted by Gasteiger charge is -2.18. The molecule has 2 unspecified atom stereocenters. The molecule has 0 spiro atoms. The summed E-state index contributed by atoms with van der Waals surface area (Å²) < 4.78 is 15.4. The Bertz CT molecular complexity index is 783. The lowest BCUT2D eigenvalue weighted by molar-refractivity contribution is -0.142. The van der Waals surface area contributed by atoms with Crippen molar-refractivity contribution in [3.63, 3.8) is 0 Å². The summed E-state index contributed by atoms with van der Waals surface area (Å²) in [6.45, 7) is 2.25. The summed E-state index contributed by atoms with van der Waals surface area (Å²) in [4.78, 5) is 11.3. The minimum Gasteiger partial charge on any atom is -0.493 e. The normalized spacial score (nSPS) is 12.9. The minimum atomic E-state index is -0.643. The third kappa shape index (κ3) is 6.71. The molecule has 2 aromatic carbocycles. The Morgan fingerprint density at radius 2 is 1.96 bits per heavy atom. The molecular formula is C21H26ClNO5. The maximum atomic E-state index is 11.3. The number of aliphatic hydroxyl groups excluding tert-OH is 1. The predicted molar refractivity (Wildman–Crippen MR) is 108 cm³/mol. The van der Waals surface area contributed by atoms with Gasteiger partial charge >= 0.3 is 5.97 Å². The molecule has 2 rings (SSSR count). The number of rotatable bonds is 10. The van der Waals surface area contributed by atoms with Crippen LogP contribution in [-0.2, 0) is 16.0 Å². The Morgan fingerprint density at radius 1 is 1.18 bits per heavy atom. The van der Waals surface area contributed by atoms with E-state index < -0.39 is 12.1 Å². The van der Waals surface area contributed by atoms with Crippen molar-refractivity contribution in [2.75, 3.05) is 27.4 Å². The lowest BCUT2D eigenvalue weighted by Crippen LogP contribution is -2.32. The molecule has 152 valence electrons. The summed E-state index contributed by atoms with van der Waals surface area (Å²) in [7, 11) is 2.85. The molecule has 0 aliphatic heterocycles. The Balaban J connectivity index is 1.93. The first kappa shape index (κ1) is 22.0. The molecule has 6 nitrogen and oxygen atoms in total. The molecule has 0 fully saturated rings. The molecule has 2 atom stereocenters. The van der Waals surface area contributed by atoms with E-state index in [-0.39, 0.29) is 12.6 Å². The van der Waals surface area contributed by atoms with E-state index in [0.29, 0.717) is 29.5 Å². The smallest absolute Gasteiger partial charge is 0.343 e. The van der Waals surface area contributed by atoms with Gasteiger partial charge in [0.2, 0.25) is 0 Å². The first-order valence-corrected chi connectivity index (χ1v) is 9.34. The van der Waals surface area contributed by atoms with Gasteiger partial charge in [-0.15, -0.1) is 0 Å². The Kier molecular flexibility index (Phi) is 8.57. The Morgan fingerprint density at radius 3 is 2.64 bits per heavy atom. The summed E-state index contributed by atoms with van der Waals surface area (Å²) in [6, 6.07) is 12.9. The molecule has 7 heteroatoms. The van der Waals surface area contributed by atoms with Crippen LogP contribution in [0, 0.1) is 0 Å². The van der Waals surface area contributed by atoms with E-state index in [9.17, 15) is 9.90 Å². The highest BCUT2D eigenvalue weighted by atomic mass is 35.5. The SMILES string of the molecule is COC(=O)COc1cc(CC(C)NCC(O)c2cccc(Cl)c2)ccc1OC. The van der Waals surface area contributed by atoms with Crippen LogP contribution in [0.5, 0.6) is 11.5 Å². The standard InChI is InChI=1S/C21H26ClNO5/c1-14(23-12-18(24)16-5-4-6-17(22)11-16)9-15-7-8-19(26-2)20(10-15)28-13-21(25)27-3/h4-8,10-11,14,18,23-24H,9,12-13H2,1-3H3. The van der Waals surface area contributed by atoms with E-state index in [1.54, 1.807) is 25.3 Å². The summed E-state index contributed by atoms with van der Waals surface area (Å²) in [5.74, 6) is 0.568. The van der Waals surface area contributed by atoms with E-state index in [2.05, 4.69) is 10.1 Å². The van der Waals surface area contributed by atoms with Crippen molar-refractivity contribution >= 4 is 17.6 Å². The highest BCUT2D eigenvalue weighted by molar-refractivity contribution is 6.30. The molecule has 28 heavy (non-hydrogen) atoms. The van der Waals surface area contributed by atoms with Crippen molar-refractivity contribution in [2.24, 2.45) is 0 Å². The van der Waals surface area contributed by atoms with Crippen LogP contribution < -0.4 is 14.8 Å². The number of benzene rings is 2. The second-order valence-electron chi connectivity index (χ2n) is 6.43. The number of hydrogen-bond donors (Lipinski definition) is 2. The molecule has 0 radical (unpaired) electrons. The number of ether oxygens (including phenoxy) is 3. The predicted octanol–water partition coefficient (Wildman–Crippen LogP) is 3.15. The van der Waals surface area contributed by atoms with Crippen LogP contribution in [0.15, 0.2) is 42.5 Å². The molecule has 2 aromatic rings. The number of halogens is 1. The van der Waals surface area contributed by atoms with Crippen molar-refractivity contribution < 1.29 is 24.1 Å². The monoisotopic (exact) mass is 407 g/mol. The van der Waals surface area contributed by atoms with E-state index in [0.717, 1.165) is 11.1 Å². The molecule has 0 saturated heterocycles. The number of aliphatic hydroxyl groups is 1. The molecule has 0 amide bonds. The Hall–Kier alpha value is -2.28. The second-order valence-corrected chi connectivity index (χ2v) is 6.87. The van der Waals surface area contributed by atoms with Crippen molar-refractivity contribution in [2.45, 2.75) is 25.5 Å². The first-order chi connectivity index (χ1) is 13.4. The van der Waals surface area contributed by atoms with Gasteiger partial charge in [0.1, 0.15) is 0 Å². The van der Waals surface area contributed by atoms with Gasteiger partial charge in [0.25, 0.3) is 0 Å². The van der Waals surface area contributed by atoms with Crippen LogP contribution in [0.3, 0.4) is 0 Å². The van der Waals surface area contributed by atoms with E-state index in [4.69, 9.17) is 21.1 Å². The molecule has 0 aliphatic carbocycles. The summed E-state index contributed by atoms with van der Waals surface area (Å²) >= 11 is 5.97. The number of carbonyl (C=O) groups excluding carboxylic acids is 1. The largest absolute Gasteiger partial charge is 0.493 e. The van der Waals surface area contributed by atoms with Gasteiger partial charge in [0.15, 0.2) is 18.1 Å². The van der Waals surface area contributed by atoms with E-state index in [1.807, 2.05) is 31.2 Å². The second kappa shape index (κ2) is 10.9. The van der Waals surface area contributed by atoms with Gasteiger partial charge in [-0.25, -0.2) is 4.79 Å². The van der Waals surface area contributed by atoms with Crippen LogP contribution in [0.1, 0.15) is 24.2 Å². The molecule has 0 heterocycles. The average Bonchev–Trinajstić information content (AvgIpc) is 2.70. The molecule has 0 saturated carbocycles. The van der Waals surface area contributed by atoms with Crippen molar-refractivity contribution in [3.8, 4) is 11.5 Å². The number of carbonyl (C=O) groups is 1. The fourth-order valence-corrected chi connectivity index (χ4v) is 2.93. The van der Waals surface area contributed by atoms with Crippen molar-refractivity contribution in [1.29, 1.82) is 0 Å². The van der Waals surface area contributed by atoms with Gasteiger partial charge in [-0.05, 0) is 48.7 Å².